The first-order valence-electron chi connectivity index (χ1n) is 6.84. The second-order valence-corrected chi connectivity index (χ2v) is 7.11. The van der Waals surface area contributed by atoms with Gasteiger partial charge in [0.2, 0.25) is 0 Å². The van der Waals surface area contributed by atoms with Crippen molar-refractivity contribution in [1.29, 1.82) is 0 Å². The largest absolute Gasteiger partial charge is 0.393 e. The highest BCUT2D eigenvalue weighted by Gasteiger charge is 2.18. The van der Waals surface area contributed by atoms with Gasteiger partial charge in [0, 0.05) is 27.9 Å². The molecule has 0 radical (unpaired) electrons. The Hall–Kier alpha value is -0.680. The van der Waals surface area contributed by atoms with Gasteiger partial charge < -0.3 is 10.4 Å². The molecule has 2 N–H and O–H groups in total. The maximum atomic E-state index is 9.50. The quantitative estimate of drug-likeness (QED) is 0.897. The van der Waals surface area contributed by atoms with Gasteiger partial charge in [0.25, 0.3) is 0 Å². The third-order valence-electron chi connectivity index (χ3n) is 3.72. The highest BCUT2D eigenvalue weighted by molar-refractivity contribution is 7.14. The van der Waals surface area contributed by atoms with Gasteiger partial charge in [0.1, 0.15) is 0 Å². The van der Waals surface area contributed by atoms with Crippen molar-refractivity contribution in [3.8, 4) is 10.4 Å². The van der Waals surface area contributed by atoms with E-state index in [0.717, 1.165) is 32.2 Å². The van der Waals surface area contributed by atoms with E-state index in [2.05, 4.69) is 34.3 Å². The summed E-state index contributed by atoms with van der Waals surface area (Å²) in [5.74, 6) is 0. The molecule has 2 aromatic heterocycles. The highest BCUT2D eigenvalue weighted by atomic mass is 32.1. The predicted molar refractivity (Wildman–Crippen MR) is 82.7 cm³/mol. The molecule has 0 aliphatic heterocycles. The Kier molecular flexibility index (Phi) is 4.33. The van der Waals surface area contributed by atoms with Crippen molar-refractivity contribution >= 4 is 22.7 Å². The van der Waals surface area contributed by atoms with Gasteiger partial charge in [-0.15, -0.1) is 22.7 Å². The fourth-order valence-corrected chi connectivity index (χ4v) is 4.19. The number of aliphatic hydroxyl groups is 1. The molecule has 1 fully saturated rings. The molecule has 0 atom stereocenters. The van der Waals surface area contributed by atoms with Crippen LogP contribution >= 0.6 is 22.7 Å². The van der Waals surface area contributed by atoms with Crippen LogP contribution in [0.3, 0.4) is 0 Å². The van der Waals surface area contributed by atoms with Gasteiger partial charge in [0.15, 0.2) is 0 Å². The molecule has 1 saturated carbocycles. The maximum Gasteiger partial charge on any atom is 0.0541 e. The summed E-state index contributed by atoms with van der Waals surface area (Å²) in [5, 5.41) is 17.5. The minimum Gasteiger partial charge on any atom is -0.393 e. The van der Waals surface area contributed by atoms with Crippen molar-refractivity contribution in [3.63, 3.8) is 0 Å². The SMILES string of the molecule is OC1CCC(NCc2cc(-c3cccs3)cs2)CC1. The molecule has 0 saturated heterocycles. The molecule has 19 heavy (non-hydrogen) atoms. The molecule has 0 unspecified atom stereocenters. The van der Waals surface area contributed by atoms with Gasteiger partial charge in [0.05, 0.1) is 6.10 Å². The van der Waals surface area contributed by atoms with E-state index in [0.29, 0.717) is 6.04 Å². The smallest absolute Gasteiger partial charge is 0.0541 e. The number of nitrogens with one attached hydrogen (secondary N) is 1. The summed E-state index contributed by atoms with van der Waals surface area (Å²) < 4.78 is 0. The Morgan fingerprint density at radius 3 is 2.79 bits per heavy atom. The monoisotopic (exact) mass is 293 g/mol. The molecule has 0 amide bonds. The molecule has 1 aliphatic carbocycles. The Morgan fingerprint density at radius 1 is 1.21 bits per heavy atom. The van der Waals surface area contributed by atoms with Crippen LogP contribution in [0.2, 0.25) is 0 Å². The van der Waals surface area contributed by atoms with Gasteiger partial charge in [-0.25, -0.2) is 0 Å². The van der Waals surface area contributed by atoms with E-state index in [4.69, 9.17) is 0 Å². The summed E-state index contributed by atoms with van der Waals surface area (Å²) >= 11 is 3.63. The van der Waals surface area contributed by atoms with Crippen molar-refractivity contribution in [2.45, 2.75) is 44.4 Å². The second kappa shape index (κ2) is 6.18. The van der Waals surface area contributed by atoms with Crippen molar-refractivity contribution in [2.75, 3.05) is 0 Å². The first-order valence-corrected chi connectivity index (χ1v) is 8.60. The standard InChI is InChI=1S/C15H19NOS2/c17-13-5-3-12(4-6-13)16-9-14-8-11(10-19-14)15-2-1-7-18-15/h1-2,7-8,10,12-13,16-17H,3-6,9H2. The normalized spacial score (nSPS) is 23.6. The lowest BCUT2D eigenvalue weighted by molar-refractivity contribution is 0.116. The molecular weight excluding hydrogens is 274 g/mol. The van der Waals surface area contributed by atoms with Crippen molar-refractivity contribution < 1.29 is 5.11 Å². The average molecular weight is 293 g/mol. The van der Waals surface area contributed by atoms with Crippen LogP contribution in [0.25, 0.3) is 10.4 Å². The van der Waals surface area contributed by atoms with Crippen LogP contribution in [0.4, 0.5) is 0 Å². The van der Waals surface area contributed by atoms with E-state index < -0.39 is 0 Å². The first-order chi connectivity index (χ1) is 9.31. The van der Waals surface area contributed by atoms with E-state index in [1.807, 2.05) is 11.3 Å². The number of hydrogen-bond donors (Lipinski definition) is 2. The van der Waals surface area contributed by atoms with E-state index in [9.17, 15) is 5.11 Å². The Morgan fingerprint density at radius 2 is 2.05 bits per heavy atom. The van der Waals surface area contributed by atoms with E-state index in [-0.39, 0.29) is 6.10 Å². The molecule has 0 bridgehead atoms. The lowest BCUT2D eigenvalue weighted by atomic mass is 9.93. The maximum absolute atomic E-state index is 9.50. The van der Waals surface area contributed by atoms with Crippen LogP contribution in [0.1, 0.15) is 30.6 Å². The summed E-state index contributed by atoms with van der Waals surface area (Å²) in [7, 11) is 0. The molecule has 1 aliphatic rings. The third kappa shape index (κ3) is 3.45. The van der Waals surface area contributed by atoms with Crippen molar-refractivity contribution in [3.05, 3.63) is 33.8 Å². The Bertz CT molecular complexity index is 498. The number of thiophene rings is 2. The molecule has 0 aromatic carbocycles. The van der Waals surface area contributed by atoms with Crippen LogP contribution in [0, 0.1) is 0 Å². The lowest BCUT2D eigenvalue weighted by Gasteiger charge is -2.26. The minimum atomic E-state index is -0.0646. The molecule has 2 aromatic rings. The second-order valence-electron chi connectivity index (χ2n) is 5.17. The number of rotatable bonds is 4. The van der Waals surface area contributed by atoms with Gasteiger partial charge in [-0.05, 0) is 48.6 Å². The minimum absolute atomic E-state index is 0.0646. The fourth-order valence-electron chi connectivity index (χ4n) is 2.57. The number of aliphatic hydroxyl groups excluding tert-OH is 1. The van der Waals surface area contributed by atoms with E-state index in [1.165, 1.54) is 15.3 Å². The van der Waals surface area contributed by atoms with E-state index >= 15 is 0 Å². The molecule has 2 heterocycles. The van der Waals surface area contributed by atoms with Crippen LogP contribution < -0.4 is 5.32 Å². The summed E-state index contributed by atoms with van der Waals surface area (Å²) in [6, 6.07) is 7.15. The molecule has 2 nitrogen and oxygen atoms in total. The topological polar surface area (TPSA) is 32.3 Å². The van der Waals surface area contributed by atoms with Gasteiger partial charge in [-0.2, -0.15) is 0 Å². The molecule has 3 rings (SSSR count). The molecule has 102 valence electrons. The molecular formula is C15H19NOS2. The summed E-state index contributed by atoms with van der Waals surface area (Å²) in [6.45, 7) is 0.955. The van der Waals surface area contributed by atoms with Gasteiger partial charge in [-0.1, -0.05) is 6.07 Å². The van der Waals surface area contributed by atoms with Crippen LogP contribution in [0.15, 0.2) is 29.0 Å². The van der Waals surface area contributed by atoms with Gasteiger partial charge in [-0.3, -0.25) is 0 Å². The third-order valence-corrected chi connectivity index (χ3v) is 5.58. The van der Waals surface area contributed by atoms with Crippen LogP contribution in [0.5, 0.6) is 0 Å². The summed E-state index contributed by atoms with van der Waals surface area (Å²) in [5.41, 5.74) is 1.34. The first kappa shape index (κ1) is 13.3. The zero-order valence-corrected chi connectivity index (χ0v) is 12.5. The van der Waals surface area contributed by atoms with Crippen molar-refractivity contribution in [2.24, 2.45) is 0 Å². The zero-order valence-electron chi connectivity index (χ0n) is 10.8. The lowest BCUT2D eigenvalue weighted by Crippen LogP contribution is -2.33. The average Bonchev–Trinajstić information content (AvgIpc) is 3.09. The predicted octanol–water partition coefficient (Wildman–Crippen LogP) is 3.87. The van der Waals surface area contributed by atoms with Crippen LogP contribution in [-0.2, 0) is 6.54 Å². The highest BCUT2D eigenvalue weighted by Crippen LogP contribution is 2.29. The van der Waals surface area contributed by atoms with Crippen LogP contribution in [-0.4, -0.2) is 17.3 Å². The van der Waals surface area contributed by atoms with E-state index in [1.54, 1.807) is 11.3 Å². The van der Waals surface area contributed by atoms with Crippen molar-refractivity contribution in [1.82, 2.24) is 5.32 Å². The number of hydrogen-bond acceptors (Lipinski definition) is 4. The zero-order chi connectivity index (χ0) is 13.1. The Balaban J connectivity index is 1.53. The summed E-state index contributed by atoms with van der Waals surface area (Å²) in [6.07, 6.45) is 4.03. The molecule has 0 spiro atoms. The summed E-state index contributed by atoms with van der Waals surface area (Å²) in [4.78, 5) is 2.75. The van der Waals surface area contributed by atoms with Gasteiger partial charge >= 0.3 is 0 Å². The molecule has 4 heteroatoms. The fraction of sp³-hybridized carbons (Fsp3) is 0.467. The Labute approximate surface area is 122 Å².